The summed E-state index contributed by atoms with van der Waals surface area (Å²) in [6.45, 7) is 2.19. The Morgan fingerprint density at radius 2 is 2.00 bits per heavy atom. The fraction of sp³-hybridized carbons (Fsp3) is 0.250. The highest BCUT2D eigenvalue weighted by atomic mass is 35.5. The molecule has 1 aliphatic heterocycles. The van der Waals surface area contributed by atoms with Crippen molar-refractivity contribution in [1.82, 2.24) is 14.7 Å². The second-order valence-corrected chi connectivity index (χ2v) is 7.56. The predicted octanol–water partition coefficient (Wildman–Crippen LogP) is 3.72. The molecule has 1 aliphatic rings. The molecule has 0 aliphatic carbocycles. The number of rotatable bonds is 4. The molecule has 1 unspecified atom stereocenters. The Hall–Kier alpha value is -3.06. The first kappa shape index (κ1) is 18.3. The lowest BCUT2D eigenvalue weighted by Gasteiger charge is -2.19. The van der Waals surface area contributed by atoms with Crippen LogP contribution >= 0.6 is 11.6 Å². The van der Waals surface area contributed by atoms with Gasteiger partial charge in [0.1, 0.15) is 5.69 Å². The number of carboxylic acids is 1. The molecule has 0 bridgehead atoms. The van der Waals surface area contributed by atoms with E-state index in [1.54, 1.807) is 60.3 Å². The number of furan rings is 1. The maximum Gasteiger partial charge on any atom is 0.311 e. The third-order valence-electron chi connectivity index (χ3n) is 5.05. The number of aliphatic carboxylic acids is 1. The Morgan fingerprint density at radius 1 is 1.25 bits per heavy atom. The van der Waals surface area contributed by atoms with Crippen LogP contribution in [0.1, 0.15) is 23.8 Å². The molecule has 0 saturated carbocycles. The maximum atomic E-state index is 13.0. The number of carbonyl (C=O) groups excluding carboxylic acids is 1. The van der Waals surface area contributed by atoms with Crippen LogP contribution in [0.15, 0.2) is 53.1 Å². The van der Waals surface area contributed by atoms with Crippen molar-refractivity contribution < 1.29 is 19.1 Å². The highest BCUT2D eigenvalue weighted by Gasteiger charge is 2.42. The fourth-order valence-corrected chi connectivity index (χ4v) is 3.46. The molecule has 7 nitrogen and oxygen atoms in total. The standard InChI is InChI=1S/C20H18ClN3O4/c1-20(19(26)27)8-9-23(12-20)18(25)15-11-16(17-3-2-10-28-17)24(22-15)14-6-4-13(21)5-7-14/h2-7,10-11H,8-9,12H2,1H3,(H,26,27). The van der Waals surface area contributed by atoms with Crippen molar-refractivity contribution in [1.29, 1.82) is 0 Å². The van der Waals surface area contributed by atoms with Crippen molar-refractivity contribution in [3.63, 3.8) is 0 Å². The Balaban J connectivity index is 1.71. The van der Waals surface area contributed by atoms with E-state index in [0.29, 0.717) is 29.4 Å². The Bertz CT molecular complexity index is 1030. The smallest absolute Gasteiger partial charge is 0.311 e. The fourth-order valence-electron chi connectivity index (χ4n) is 3.34. The number of nitrogens with zero attached hydrogens (tertiary/aromatic N) is 3. The number of hydrogen-bond acceptors (Lipinski definition) is 4. The van der Waals surface area contributed by atoms with Crippen molar-refractivity contribution in [2.75, 3.05) is 13.1 Å². The largest absolute Gasteiger partial charge is 0.481 e. The van der Waals surface area contributed by atoms with Crippen LogP contribution in [0.2, 0.25) is 5.02 Å². The van der Waals surface area contributed by atoms with Gasteiger partial charge in [-0.1, -0.05) is 11.6 Å². The summed E-state index contributed by atoms with van der Waals surface area (Å²) in [6.07, 6.45) is 1.96. The van der Waals surface area contributed by atoms with Crippen molar-refractivity contribution in [2.45, 2.75) is 13.3 Å². The van der Waals surface area contributed by atoms with E-state index < -0.39 is 11.4 Å². The van der Waals surface area contributed by atoms with E-state index >= 15 is 0 Å². The summed E-state index contributed by atoms with van der Waals surface area (Å²) in [5, 5.41) is 14.5. The summed E-state index contributed by atoms with van der Waals surface area (Å²) in [5.41, 5.74) is 0.650. The van der Waals surface area contributed by atoms with E-state index in [1.165, 1.54) is 4.90 Å². The van der Waals surface area contributed by atoms with E-state index in [9.17, 15) is 14.7 Å². The molecule has 0 spiro atoms. The molecule has 1 saturated heterocycles. The lowest BCUT2D eigenvalue weighted by molar-refractivity contribution is -0.147. The zero-order valence-electron chi connectivity index (χ0n) is 15.1. The zero-order valence-corrected chi connectivity index (χ0v) is 15.9. The molecule has 2 aromatic heterocycles. The molecule has 8 heteroatoms. The first-order valence-corrected chi connectivity index (χ1v) is 9.18. The summed E-state index contributed by atoms with van der Waals surface area (Å²) >= 11 is 5.98. The van der Waals surface area contributed by atoms with Crippen LogP contribution in [-0.2, 0) is 4.79 Å². The molecule has 3 heterocycles. The topological polar surface area (TPSA) is 88.6 Å². The second kappa shape index (κ2) is 6.83. The Labute approximate surface area is 166 Å². The van der Waals surface area contributed by atoms with Crippen LogP contribution in [-0.4, -0.2) is 44.8 Å². The van der Waals surface area contributed by atoms with Crippen LogP contribution < -0.4 is 0 Å². The van der Waals surface area contributed by atoms with Gasteiger partial charge in [-0.05, 0) is 49.7 Å². The number of likely N-dealkylation sites (tertiary alicyclic amines) is 1. The number of benzene rings is 1. The predicted molar refractivity (Wildman–Crippen MR) is 103 cm³/mol. The van der Waals surface area contributed by atoms with E-state index in [-0.39, 0.29) is 18.1 Å². The van der Waals surface area contributed by atoms with Gasteiger partial charge in [0.15, 0.2) is 11.5 Å². The summed E-state index contributed by atoms with van der Waals surface area (Å²) in [5.74, 6) is -0.630. The summed E-state index contributed by atoms with van der Waals surface area (Å²) < 4.78 is 7.12. The van der Waals surface area contributed by atoms with E-state index in [1.807, 2.05) is 0 Å². The average molecular weight is 400 g/mol. The van der Waals surface area contributed by atoms with Gasteiger partial charge < -0.3 is 14.4 Å². The van der Waals surface area contributed by atoms with Crippen molar-refractivity contribution in [3.8, 4) is 17.1 Å². The molecule has 1 atom stereocenters. The molecule has 1 N–H and O–H groups in total. The Morgan fingerprint density at radius 3 is 2.61 bits per heavy atom. The number of halogens is 1. The van der Waals surface area contributed by atoms with Gasteiger partial charge in [0.05, 0.1) is 17.4 Å². The molecular weight excluding hydrogens is 382 g/mol. The van der Waals surface area contributed by atoms with Gasteiger partial charge in [-0.15, -0.1) is 0 Å². The van der Waals surface area contributed by atoms with Crippen molar-refractivity contribution in [3.05, 3.63) is 59.4 Å². The highest BCUT2D eigenvalue weighted by molar-refractivity contribution is 6.30. The van der Waals surface area contributed by atoms with E-state index in [0.717, 1.165) is 5.69 Å². The maximum absolute atomic E-state index is 13.0. The zero-order chi connectivity index (χ0) is 19.9. The van der Waals surface area contributed by atoms with Gasteiger partial charge in [-0.2, -0.15) is 5.10 Å². The molecular formula is C20H18ClN3O4. The van der Waals surface area contributed by atoms with Gasteiger partial charge in [0, 0.05) is 24.2 Å². The van der Waals surface area contributed by atoms with Gasteiger partial charge in [0.25, 0.3) is 5.91 Å². The average Bonchev–Trinajstić information content (AvgIpc) is 3.41. The molecule has 0 radical (unpaired) electrons. The minimum Gasteiger partial charge on any atom is -0.481 e. The molecule has 1 aromatic carbocycles. The molecule has 28 heavy (non-hydrogen) atoms. The molecule has 1 amide bonds. The highest BCUT2D eigenvalue weighted by Crippen LogP contribution is 2.32. The van der Waals surface area contributed by atoms with Gasteiger partial charge in [0.2, 0.25) is 0 Å². The lowest BCUT2D eigenvalue weighted by Crippen LogP contribution is -2.35. The summed E-state index contributed by atoms with van der Waals surface area (Å²) in [6, 6.07) is 12.3. The molecule has 3 aromatic rings. The number of aromatic nitrogens is 2. The first-order chi connectivity index (χ1) is 13.4. The normalized spacial score (nSPS) is 19.1. The monoisotopic (exact) mass is 399 g/mol. The minimum absolute atomic E-state index is 0.158. The number of amides is 1. The van der Waals surface area contributed by atoms with Crippen LogP contribution in [0.3, 0.4) is 0 Å². The van der Waals surface area contributed by atoms with Crippen LogP contribution in [0.4, 0.5) is 0 Å². The molecule has 4 rings (SSSR count). The van der Waals surface area contributed by atoms with E-state index in [4.69, 9.17) is 16.0 Å². The summed E-state index contributed by atoms with van der Waals surface area (Å²) in [7, 11) is 0. The van der Waals surface area contributed by atoms with Crippen molar-refractivity contribution >= 4 is 23.5 Å². The number of carbonyl (C=O) groups is 2. The lowest BCUT2D eigenvalue weighted by atomic mass is 9.90. The molecule has 144 valence electrons. The molecule has 1 fully saturated rings. The second-order valence-electron chi connectivity index (χ2n) is 7.12. The van der Waals surface area contributed by atoms with Crippen LogP contribution in [0.25, 0.3) is 17.1 Å². The minimum atomic E-state index is -0.932. The van der Waals surface area contributed by atoms with Crippen molar-refractivity contribution in [2.24, 2.45) is 5.41 Å². The Kier molecular flexibility index (Phi) is 4.47. The van der Waals surface area contributed by atoms with E-state index in [2.05, 4.69) is 5.10 Å². The van der Waals surface area contributed by atoms with Crippen LogP contribution in [0, 0.1) is 5.41 Å². The van der Waals surface area contributed by atoms with Crippen LogP contribution in [0.5, 0.6) is 0 Å². The quantitative estimate of drug-likeness (QED) is 0.722. The van der Waals surface area contributed by atoms with Gasteiger partial charge in [-0.25, -0.2) is 4.68 Å². The third-order valence-corrected chi connectivity index (χ3v) is 5.30. The van der Waals surface area contributed by atoms with Gasteiger partial charge >= 0.3 is 5.97 Å². The SMILES string of the molecule is CC1(C(=O)O)CCN(C(=O)c2cc(-c3ccco3)n(-c3ccc(Cl)cc3)n2)C1. The summed E-state index contributed by atoms with van der Waals surface area (Å²) in [4.78, 5) is 26.0. The third kappa shape index (κ3) is 3.18. The van der Waals surface area contributed by atoms with Gasteiger partial charge in [-0.3, -0.25) is 9.59 Å². The number of hydrogen-bond donors (Lipinski definition) is 1. The first-order valence-electron chi connectivity index (χ1n) is 8.80. The number of carboxylic acid groups (broad SMARTS) is 1.